The largest absolute Gasteiger partial charge is 0.522 e. The van der Waals surface area contributed by atoms with Crippen molar-refractivity contribution in [2.45, 2.75) is 20.2 Å². The van der Waals surface area contributed by atoms with Crippen molar-refractivity contribution in [3.8, 4) is 0 Å². The Morgan fingerprint density at radius 3 is 2.14 bits per heavy atom. The molecule has 0 spiro atoms. The third-order valence-electron chi connectivity index (χ3n) is 1.52. The van der Waals surface area contributed by atoms with E-state index in [4.69, 9.17) is 0 Å². The summed E-state index contributed by atoms with van der Waals surface area (Å²) in [5, 5.41) is 0. The van der Waals surface area contributed by atoms with E-state index in [1.807, 2.05) is 0 Å². The monoisotopic (exact) mass is 206 g/mol. The summed E-state index contributed by atoms with van der Waals surface area (Å²) in [5.41, 5.74) is 1.85. The summed E-state index contributed by atoms with van der Waals surface area (Å²) in [6, 6.07) is 0. The fourth-order valence-electron chi connectivity index (χ4n) is 0.646. The molecule has 0 fully saturated rings. The first-order chi connectivity index (χ1) is 6.22. The van der Waals surface area contributed by atoms with Crippen molar-refractivity contribution in [1.29, 1.82) is 0 Å². The van der Waals surface area contributed by atoms with Gasteiger partial charge < -0.3 is 0 Å². The molecule has 0 bridgehead atoms. The summed E-state index contributed by atoms with van der Waals surface area (Å²) < 4.78 is 38.4. The van der Waals surface area contributed by atoms with Gasteiger partial charge in [0.05, 0.1) is 6.61 Å². The van der Waals surface area contributed by atoms with E-state index >= 15 is 0 Å². The maximum atomic E-state index is 11.6. The molecule has 0 aromatic heterocycles. The smallest absolute Gasteiger partial charge is 0.287 e. The van der Waals surface area contributed by atoms with Crippen LogP contribution in [0.1, 0.15) is 13.8 Å². The van der Waals surface area contributed by atoms with Crippen LogP contribution in [0.5, 0.6) is 0 Å². The van der Waals surface area contributed by atoms with Gasteiger partial charge in [0.25, 0.3) is 0 Å². The van der Waals surface area contributed by atoms with E-state index in [-0.39, 0.29) is 5.57 Å². The summed E-state index contributed by atoms with van der Waals surface area (Å²) in [5.74, 6) is 0. The Balaban J connectivity index is 4.12. The average molecular weight is 206 g/mol. The fraction of sp³-hybridized carbons (Fsp3) is 0.400. The van der Waals surface area contributed by atoms with Gasteiger partial charge in [-0.15, -0.1) is 13.2 Å². The molecule has 0 aromatic carbocycles. The second-order valence-corrected chi connectivity index (χ2v) is 3.00. The molecular weight excluding hydrogens is 193 g/mol. The van der Waals surface area contributed by atoms with Gasteiger partial charge in [0.1, 0.15) is 0 Å². The molecule has 0 amide bonds. The molecule has 0 aliphatic rings. The van der Waals surface area contributed by atoms with Crippen molar-refractivity contribution in [1.82, 2.24) is 0 Å². The van der Waals surface area contributed by atoms with Crippen molar-refractivity contribution in [2.24, 2.45) is 0 Å². The standard InChI is InChI=1S/C10H13F3O/c1-7(2)9(4)5-8(3)6-14-10(11,12)13/h5H,1,3,6H2,2,4H3/b9-5+. The molecule has 14 heavy (non-hydrogen) atoms. The number of alkyl halides is 3. The summed E-state index contributed by atoms with van der Waals surface area (Å²) in [6.07, 6.45) is -3.08. The Labute approximate surface area is 81.6 Å². The molecule has 80 valence electrons. The first-order valence-corrected chi connectivity index (χ1v) is 3.95. The molecule has 0 N–H and O–H groups in total. The molecule has 0 rings (SSSR count). The second-order valence-electron chi connectivity index (χ2n) is 3.00. The molecule has 0 heterocycles. The maximum absolute atomic E-state index is 11.6. The van der Waals surface area contributed by atoms with E-state index < -0.39 is 13.0 Å². The highest BCUT2D eigenvalue weighted by molar-refractivity contribution is 5.31. The van der Waals surface area contributed by atoms with Crippen LogP contribution in [0, 0.1) is 0 Å². The third kappa shape index (κ3) is 6.48. The predicted molar refractivity (Wildman–Crippen MR) is 49.7 cm³/mol. The van der Waals surface area contributed by atoms with E-state index in [0.717, 1.165) is 11.1 Å². The van der Waals surface area contributed by atoms with Gasteiger partial charge in [-0.1, -0.05) is 24.8 Å². The van der Waals surface area contributed by atoms with Crippen LogP contribution in [0.25, 0.3) is 0 Å². The lowest BCUT2D eigenvalue weighted by atomic mass is 10.1. The van der Waals surface area contributed by atoms with Crippen LogP contribution in [0.2, 0.25) is 0 Å². The van der Waals surface area contributed by atoms with Crippen LogP contribution >= 0.6 is 0 Å². The van der Waals surface area contributed by atoms with E-state index in [2.05, 4.69) is 17.9 Å². The molecule has 0 radical (unpaired) electrons. The number of halogens is 3. The van der Waals surface area contributed by atoms with Gasteiger partial charge in [-0.25, -0.2) is 0 Å². The van der Waals surface area contributed by atoms with Crippen LogP contribution in [0.4, 0.5) is 13.2 Å². The lowest BCUT2D eigenvalue weighted by molar-refractivity contribution is -0.320. The fourth-order valence-corrected chi connectivity index (χ4v) is 0.646. The van der Waals surface area contributed by atoms with Crippen molar-refractivity contribution >= 4 is 0 Å². The van der Waals surface area contributed by atoms with Crippen LogP contribution in [-0.2, 0) is 4.74 Å². The molecule has 4 heteroatoms. The molecule has 1 nitrogen and oxygen atoms in total. The van der Waals surface area contributed by atoms with Crippen LogP contribution in [0.3, 0.4) is 0 Å². The Kier molecular flexibility index (Phi) is 4.63. The Bertz CT molecular complexity index is 261. The van der Waals surface area contributed by atoms with Crippen LogP contribution in [0.15, 0.2) is 36.0 Å². The molecule has 0 aromatic rings. The van der Waals surface area contributed by atoms with Gasteiger partial charge in [0.2, 0.25) is 0 Å². The van der Waals surface area contributed by atoms with Gasteiger partial charge in [-0.05, 0) is 25.0 Å². The molecule has 0 aliphatic carbocycles. The minimum Gasteiger partial charge on any atom is -0.287 e. The zero-order valence-electron chi connectivity index (χ0n) is 8.24. The highest BCUT2D eigenvalue weighted by Crippen LogP contribution is 2.18. The summed E-state index contributed by atoms with van der Waals surface area (Å²) in [4.78, 5) is 0. The van der Waals surface area contributed by atoms with Gasteiger partial charge in [-0.2, -0.15) is 0 Å². The second kappa shape index (κ2) is 5.00. The van der Waals surface area contributed by atoms with Gasteiger partial charge >= 0.3 is 6.36 Å². The topological polar surface area (TPSA) is 9.23 Å². The molecular formula is C10H13F3O. The Hall–Kier alpha value is -1.03. The highest BCUT2D eigenvalue weighted by Gasteiger charge is 2.28. The first-order valence-electron chi connectivity index (χ1n) is 3.95. The molecule has 0 saturated heterocycles. The average Bonchev–Trinajstić information content (AvgIpc) is 1.99. The summed E-state index contributed by atoms with van der Waals surface area (Å²) in [7, 11) is 0. The lowest BCUT2D eigenvalue weighted by Crippen LogP contribution is -2.14. The van der Waals surface area contributed by atoms with Crippen molar-refractivity contribution < 1.29 is 17.9 Å². The molecule has 0 atom stereocenters. The number of rotatable bonds is 4. The molecule has 0 aliphatic heterocycles. The minimum absolute atomic E-state index is 0.267. The first kappa shape index (κ1) is 13.0. The molecule has 0 unspecified atom stereocenters. The third-order valence-corrected chi connectivity index (χ3v) is 1.52. The number of hydrogen-bond donors (Lipinski definition) is 0. The summed E-state index contributed by atoms with van der Waals surface area (Å²) >= 11 is 0. The molecule has 0 saturated carbocycles. The predicted octanol–water partition coefficient (Wildman–Crippen LogP) is 3.60. The Morgan fingerprint density at radius 1 is 1.29 bits per heavy atom. The Morgan fingerprint density at radius 2 is 1.79 bits per heavy atom. The van der Waals surface area contributed by atoms with E-state index in [1.54, 1.807) is 13.8 Å². The number of allylic oxidation sites excluding steroid dienone is 2. The summed E-state index contributed by atoms with van der Waals surface area (Å²) in [6.45, 7) is 10.1. The quantitative estimate of drug-likeness (QED) is 0.638. The van der Waals surface area contributed by atoms with Gasteiger partial charge in [0.15, 0.2) is 0 Å². The number of hydrogen-bond acceptors (Lipinski definition) is 1. The highest BCUT2D eigenvalue weighted by atomic mass is 19.4. The van der Waals surface area contributed by atoms with Crippen LogP contribution in [-0.4, -0.2) is 13.0 Å². The van der Waals surface area contributed by atoms with Gasteiger partial charge in [0, 0.05) is 0 Å². The lowest BCUT2D eigenvalue weighted by Gasteiger charge is -2.07. The van der Waals surface area contributed by atoms with Crippen molar-refractivity contribution in [2.75, 3.05) is 6.61 Å². The van der Waals surface area contributed by atoms with Crippen LogP contribution < -0.4 is 0 Å². The zero-order valence-corrected chi connectivity index (χ0v) is 8.24. The normalized spacial score (nSPS) is 12.8. The minimum atomic E-state index is -4.60. The van der Waals surface area contributed by atoms with Crippen molar-refractivity contribution in [3.63, 3.8) is 0 Å². The van der Waals surface area contributed by atoms with E-state index in [1.165, 1.54) is 6.08 Å². The van der Waals surface area contributed by atoms with E-state index in [9.17, 15) is 13.2 Å². The zero-order chi connectivity index (χ0) is 11.4. The van der Waals surface area contributed by atoms with Crippen molar-refractivity contribution in [3.05, 3.63) is 36.0 Å². The number of ether oxygens (including phenoxy) is 1. The maximum Gasteiger partial charge on any atom is 0.522 e. The SMILES string of the molecule is C=C(/C=C(\C)C(=C)C)COC(F)(F)F. The van der Waals surface area contributed by atoms with Gasteiger partial charge in [-0.3, -0.25) is 4.74 Å². The van der Waals surface area contributed by atoms with E-state index in [0.29, 0.717) is 0 Å².